The summed E-state index contributed by atoms with van der Waals surface area (Å²) >= 11 is 0. The number of rotatable bonds is 8. The van der Waals surface area contributed by atoms with Gasteiger partial charge in [0.15, 0.2) is 5.76 Å². The molecule has 3 heterocycles. The first-order chi connectivity index (χ1) is 15.4. The number of nitrogens with zero attached hydrogens (tertiary/aromatic N) is 2. The van der Waals surface area contributed by atoms with Crippen LogP contribution in [0.2, 0.25) is 0 Å². The Hall–Kier alpha value is -1.82. The van der Waals surface area contributed by atoms with Crippen molar-refractivity contribution in [2.45, 2.75) is 55.9 Å². The molecule has 1 aromatic heterocycles. The fourth-order valence-corrected chi connectivity index (χ4v) is 5.06. The average molecular weight is 466 g/mol. The molecule has 0 saturated carbocycles. The maximum Gasteiger partial charge on any atom is 0.240 e. The van der Waals surface area contributed by atoms with Gasteiger partial charge in [-0.2, -0.15) is 0 Å². The Morgan fingerprint density at radius 1 is 1.19 bits per heavy atom. The first kappa shape index (κ1) is 23.3. The fourth-order valence-electron chi connectivity index (χ4n) is 4.01. The van der Waals surface area contributed by atoms with Gasteiger partial charge in [-0.3, -0.25) is 4.90 Å². The molecule has 2 saturated heterocycles. The molecule has 176 valence electrons. The van der Waals surface area contributed by atoms with Crippen LogP contribution < -0.4 is 4.72 Å². The highest BCUT2D eigenvalue weighted by atomic mass is 32.2. The monoisotopic (exact) mass is 465 g/mol. The van der Waals surface area contributed by atoms with Gasteiger partial charge >= 0.3 is 0 Å². The molecule has 4 rings (SSSR count). The van der Waals surface area contributed by atoms with Crippen LogP contribution in [0.4, 0.5) is 0 Å². The molecule has 3 atom stereocenters. The molecule has 2 aliphatic rings. The van der Waals surface area contributed by atoms with E-state index in [2.05, 4.69) is 14.8 Å². The second-order valence-corrected chi connectivity index (χ2v) is 10.3. The standard InChI is InChI=1S/C22H31N3O6S/c1-16-2-5-20(6-3-16)32(27,28)23-14-22-21(26)7-4-18(30-22)12-17-13-19(31-24-17)15-25-8-10-29-11-9-25/h2-3,5-6,13,18,21-23,26H,4,7-12,14-15H2,1H3/t18-,21-,22+/m0/s1. The summed E-state index contributed by atoms with van der Waals surface area (Å²) < 4.78 is 44.5. The summed E-state index contributed by atoms with van der Waals surface area (Å²) in [5, 5.41) is 14.5. The third kappa shape index (κ3) is 6.15. The van der Waals surface area contributed by atoms with Crippen LogP contribution in [0, 0.1) is 6.92 Å². The van der Waals surface area contributed by atoms with Crippen molar-refractivity contribution in [1.82, 2.24) is 14.8 Å². The summed E-state index contributed by atoms with van der Waals surface area (Å²) in [7, 11) is -3.67. The van der Waals surface area contributed by atoms with Crippen molar-refractivity contribution in [2.24, 2.45) is 0 Å². The van der Waals surface area contributed by atoms with Gasteiger partial charge < -0.3 is 19.1 Å². The van der Waals surface area contributed by atoms with Crippen LogP contribution in [0.1, 0.15) is 29.9 Å². The zero-order valence-electron chi connectivity index (χ0n) is 18.3. The van der Waals surface area contributed by atoms with Gasteiger partial charge in [0.05, 0.1) is 48.7 Å². The van der Waals surface area contributed by atoms with E-state index in [1.165, 1.54) is 0 Å². The molecule has 0 amide bonds. The van der Waals surface area contributed by atoms with Crippen molar-refractivity contribution in [2.75, 3.05) is 32.8 Å². The topological polar surface area (TPSA) is 114 Å². The molecule has 1 aromatic carbocycles. The number of aryl methyl sites for hydroxylation is 1. The minimum absolute atomic E-state index is 0.00890. The normalized spacial score (nSPS) is 25.1. The van der Waals surface area contributed by atoms with Gasteiger partial charge in [-0.05, 0) is 31.9 Å². The number of hydrogen-bond donors (Lipinski definition) is 2. The van der Waals surface area contributed by atoms with Crippen LogP contribution in [-0.2, 0) is 32.5 Å². The van der Waals surface area contributed by atoms with Crippen molar-refractivity contribution in [3.05, 3.63) is 47.3 Å². The van der Waals surface area contributed by atoms with E-state index < -0.39 is 22.2 Å². The van der Waals surface area contributed by atoms with Crippen molar-refractivity contribution in [3.8, 4) is 0 Å². The second kappa shape index (κ2) is 10.4. The lowest BCUT2D eigenvalue weighted by atomic mass is 9.98. The lowest BCUT2D eigenvalue weighted by Gasteiger charge is -2.33. The summed E-state index contributed by atoms with van der Waals surface area (Å²) in [6.45, 7) is 5.82. The molecule has 9 nitrogen and oxygen atoms in total. The number of morpholine rings is 1. The van der Waals surface area contributed by atoms with E-state index in [9.17, 15) is 13.5 Å². The Balaban J connectivity index is 1.30. The molecule has 0 radical (unpaired) electrons. The Morgan fingerprint density at radius 3 is 2.69 bits per heavy atom. The van der Waals surface area contributed by atoms with Gasteiger partial charge in [0.2, 0.25) is 10.0 Å². The van der Waals surface area contributed by atoms with Crippen molar-refractivity contribution < 1.29 is 27.5 Å². The van der Waals surface area contributed by atoms with Crippen LogP contribution in [0.3, 0.4) is 0 Å². The van der Waals surface area contributed by atoms with E-state index in [0.717, 1.165) is 43.3 Å². The summed E-state index contributed by atoms with van der Waals surface area (Å²) in [6.07, 6.45) is 0.276. The predicted molar refractivity (Wildman–Crippen MR) is 117 cm³/mol. The SMILES string of the molecule is Cc1ccc(S(=O)(=O)NC[C@H]2O[C@H](Cc3cc(CN4CCOCC4)on3)CC[C@@H]2O)cc1. The summed E-state index contributed by atoms with van der Waals surface area (Å²) in [5.74, 6) is 0.806. The van der Waals surface area contributed by atoms with Gasteiger partial charge in [0.25, 0.3) is 0 Å². The summed E-state index contributed by atoms with van der Waals surface area (Å²) in [5.41, 5.74) is 1.78. The Bertz CT molecular complexity index is 972. The van der Waals surface area contributed by atoms with E-state index in [1.807, 2.05) is 13.0 Å². The van der Waals surface area contributed by atoms with E-state index >= 15 is 0 Å². The Kier molecular flexibility index (Phi) is 7.59. The zero-order chi connectivity index (χ0) is 22.6. The van der Waals surface area contributed by atoms with E-state index in [4.69, 9.17) is 14.0 Å². The molecule has 0 aliphatic carbocycles. The van der Waals surface area contributed by atoms with Crippen LogP contribution in [0.25, 0.3) is 0 Å². The highest BCUT2D eigenvalue weighted by Gasteiger charge is 2.31. The number of aliphatic hydroxyl groups excluding tert-OH is 1. The van der Waals surface area contributed by atoms with Crippen molar-refractivity contribution >= 4 is 10.0 Å². The molecule has 0 spiro atoms. The van der Waals surface area contributed by atoms with Gasteiger partial charge in [-0.1, -0.05) is 22.9 Å². The minimum atomic E-state index is -3.67. The molecule has 32 heavy (non-hydrogen) atoms. The van der Waals surface area contributed by atoms with Crippen molar-refractivity contribution in [1.29, 1.82) is 0 Å². The number of nitrogens with one attached hydrogen (secondary N) is 1. The molecule has 2 aliphatic heterocycles. The number of aromatic nitrogens is 1. The largest absolute Gasteiger partial charge is 0.390 e. The predicted octanol–water partition coefficient (Wildman–Crippen LogP) is 1.24. The number of ether oxygens (including phenoxy) is 2. The molecule has 0 unspecified atom stereocenters. The van der Waals surface area contributed by atoms with E-state index in [-0.39, 0.29) is 17.5 Å². The Labute approximate surface area is 188 Å². The van der Waals surface area contributed by atoms with Gasteiger partial charge in [-0.15, -0.1) is 0 Å². The molecule has 10 heteroatoms. The maximum absolute atomic E-state index is 12.5. The number of aliphatic hydroxyl groups is 1. The number of benzene rings is 1. The highest BCUT2D eigenvalue weighted by Crippen LogP contribution is 2.23. The zero-order valence-corrected chi connectivity index (χ0v) is 19.1. The first-order valence-corrected chi connectivity index (χ1v) is 12.5. The lowest BCUT2D eigenvalue weighted by molar-refractivity contribution is -0.113. The molecule has 2 N–H and O–H groups in total. The molecule has 2 fully saturated rings. The van der Waals surface area contributed by atoms with Crippen LogP contribution in [-0.4, -0.2) is 74.7 Å². The highest BCUT2D eigenvalue weighted by molar-refractivity contribution is 7.89. The lowest BCUT2D eigenvalue weighted by Crippen LogP contribution is -2.46. The van der Waals surface area contributed by atoms with Gasteiger partial charge in [-0.25, -0.2) is 13.1 Å². The summed E-state index contributed by atoms with van der Waals surface area (Å²) in [4.78, 5) is 2.46. The van der Waals surface area contributed by atoms with E-state index in [1.54, 1.807) is 24.3 Å². The smallest absolute Gasteiger partial charge is 0.240 e. The minimum Gasteiger partial charge on any atom is -0.390 e. The third-order valence-electron chi connectivity index (χ3n) is 5.91. The second-order valence-electron chi connectivity index (χ2n) is 8.48. The molecule has 2 aromatic rings. The Morgan fingerprint density at radius 2 is 1.94 bits per heavy atom. The number of hydrogen-bond acceptors (Lipinski definition) is 8. The molecule has 0 bridgehead atoms. The molecular formula is C22H31N3O6S. The van der Waals surface area contributed by atoms with E-state index in [0.29, 0.717) is 25.8 Å². The van der Waals surface area contributed by atoms with Gasteiger partial charge in [0.1, 0.15) is 0 Å². The fraction of sp³-hybridized carbons (Fsp3) is 0.591. The van der Waals surface area contributed by atoms with Gasteiger partial charge in [0, 0.05) is 32.1 Å². The first-order valence-electron chi connectivity index (χ1n) is 11.0. The quantitative estimate of drug-likeness (QED) is 0.599. The van der Waals surface area contributed by atoms with Crippen molar-refractivity contribution in [3.63, 3.8) is 0 Å². The van der Waals surface area contributed by atoms with Crippen LogP contribution >= 0.6 is 0 Å². The average Bonchev–Trinajstić information content (AvgIpc) is 3.22. The van der Waals surface area contributed by atoms with Crippen LogP contribution in [0.5, 0.6) is 0 Å². The number of sulfonamides is 1. The third-order valence-corrected chi connectivity index (χ3v) is 7.35. The summed E-state index contributed by atoms with van der Waals surface area (Å²) in [6, 6.07) is 8.58. The molecular weight excluding hydrogens is 434 g/mol. The van der Waals surface area contributed by atoms with Crippen LogP contribution in [0.15, 0.2) is 39.8 Å². The maximum atomic E-state index is 12.5.